The molecule has 0 saturated carbocycles. The van der Waals surface area contributed by atoms with Crippen LogP contribution in [0.5, 0.6) is 5.75 Å². The molecule has 0 saturated heterocycles. The van der Waals surface area contributed by atoms with Crippen molar-refractivity contribution in [3.05, 3.63) is 45.7 Å². The van der Waals surface area contributed by atoms with E-state index in [4.69, 9.17) is 4.74 Å². The Morgan fingerprint density at radius 1 is 1.39 bits per heavy atom. The average molecular weight is 266 g/mol. The molecule has 0 unspecified atom stereocenters. The second-order valence-electron chi connectivity index (χ2n) is 3.93. The maximum absolute atomic E-state index is 13.5. The monoisotopic (exact) mass is 266 g/mol. The highest BCUT2D eigenvalue weighted by atomic mass is 32.1. The number of halogens is 1. The predicted octanol–water partition coefficient (Wildman–Crippen LogP) is 2.89. The van der Waals surface area contributed by atoms with Gasteiger partial charge in [0, 0.05) is 18.0 Å². The zero-order valence-corrected chi connectivity index (χ0v) is 11.2. The van der Waals surface area contributed by atoms with Crippen molar-refractivity contribution in [2.75, 3.05) is 7.11 Å². The van der Waals surface area contributed by atoms with Gasteiger partial charge in [0.1, 0.15) is 0 Å². The van der Waals surface area contributed by atoms with Gasteiger partial charge in [0.15, 0.2) is 11.6 Å². The Balaban J connectivity index is 1.91. The lowest BCUT2D eigenvalue weighted by Gasteiger charge is -2.06. The number of nitrogens with zero attached hydrogens (tertiary/aromatic N) is 1. The van der Waals surface area contributed by atoms with Gasteiger partial charge >= 0.3 is 0 Å². The Morgan fingerprint density at radius 2 is 2.22 bits per heavy atom. The number of benzene rings is 1. The van der Waals surface area contributed by atoms with Crippen molar-refractivity contribution in [2.24, 2.45) is 0 Å². The Hall–Kier alpha value is -1.46. The van der Waals surface area contributed by atoms with Crippen LogP contribution in [0.4, 0.5) is 4.39 Å². The minimum Gasteiger partial charge on any atom is -0.494 e. The summed E-state index contributed by atoms with van der Waals surface area (Å²) in [4.78, 5) is 5.39. The fraction of sp³-hybridized carbons (Fsp3) is 0.308. The molecule has 0 atom stereocenters. The molecule has 0 aliphatic rings. The van der Waals surface area contributed by atoms with Gasteiger partial charge in [-0.05, 0) is 24.6 Å². The number of rotatable bonds is 5. The molecule has 3 nitrogen and oxygen atoms in total. The van der Waals surface area contributed by atoms with Gasteiger partial charge < -0.3 is 10.1 Å². The molecule has 0 bridgehead atoms. The molecule has 0 aliphatic heterocycles. The molecule has 1 heterocycles. The smallest absolute Gasteiger partial charge is 0.165 e. The number of aryl methyl sites for hydroxylation is 1. The van der Waals surface area contributed by atoms with Crippen molar-refractivity contribution in [3.8, 4) is 5.75 Å². The number of ether oxygens (including phenoxy) is 1. The molecule has 1 N–H and O–H groups in total. The minimum atomic E-state index is -0.328. The third-order valence-corrected chi connectivity index (χ3v) is 3.61. The molecule has 0 amide bonds. The number of thiazole rings is 1. The SMILES string of the molecule is COc1ccc(CNCc2scnc2C)cc1F. The molecule has 5 heteroatoms. The second kappa shape index (κ2) is 5.93. The summed E-state index contributed by atoms with van der Waals surface area (Å²) in [6.45, 7) is 3.36. The summed E-state index contributed by atoms with van der Waals surface area (Å²) in [7, 11) is 1.46. The summed E-state index contributed by atoms with van der Waals surface area (Å²) in [5.74, 6) is -0.0529. The van der Waals surface area contributed by atoms with Crippen LogP contribution in [0.25, 0.3) is 0 Å². The number of hydrogen-bond donors (Lipinski definition) is 1. The van der Waals surface area contributed by atoms with Gasteiger partial charge in [0.25, 0.3) is 0 Å². The first-order valence-electron chi connectivity index (χ1n) is 5.63. The summed E-state index contributed by atoms with van der Waals surface area (Å²) in [5.41, 5.74) is 3.78. The fourth-order valence-corrected chi connectivity index (χ4v) is 2.38. The normalized spacial score (nSPS) is 10.6. The maximum Gasteiger partial charge on any atom is 0.165 e. The first kappa shape index (κ1) is 13.0. The van der Waals surface area contributed by atoms with E-state index in [1.807, 2.05) is 18.5 Å². The minimum absolute atomic E-state index is 0.275. The number of nitrogens with one attached hydrogen (secondary N) is 1. The van der Waals surface area contributed by atoms with Crippen LogP contribution in [0.3, 0.4) is 0 Å². The highest BCUT2D eigenvalue weighted by Gasteiger charge is 2.04. The Bertz CT molecular complexity index is 527. The van der Waals surface area contributed by atoms with Crippen molar-refractivity contribution in [2.45, 2.75) is 20.0 Å². The van der Waals surface area contributed by atoms with E-state index in [1.54, 1.807) is 17.4 Å². The van der Waals surface area contributed by atoms with E-state index < -0.39 is 0 Å². The van der Waals surface area contributed by atoms with Gasteiger partial charge in [-0.2, -0.15) is 0 Å². The van der Waals surface area contributed by atoms with E-state index >= 15 is 0 Å². The Morgan fingerprint density at radius 3 is 2.83 bits per heavy atom. The zero-order valence-electron chi connectivity index (χ0n) is 10.4. The van der Waals surface area contributed by atoms with Gasteiger partial charge in [-0.3, -0.25) is 0 Å². The molecule has 0 spiro atoms. The van der Waals surface area contributed by atoms with E-state index in [9.17, 15) is 4.39 Å². The highest BCUT2D eigenvalue weighted by molar-refractivity contribution is 7.09. The van der Waals surface area contributed by atoms with Gasteiger partial charge in [0.05, 0.1) is 18.3 Å². The number of methoxy groups -OCH3 is 1. The van der Waals surface area contributed by atoms with Crippen molar-refractivity contribution in [1.29, 1.82) is 0 Å². The summed E-state index contributed by atoms with van der Waals surface area (Å²) in [6.07, 6.45) is 0. The van der Waals surface area contributed by atoms with Crippen LogP contribution in [-0.2, 0) is 13.1 Å². The van der Waals surface area contributed by atoms with Crippen LogP contribution >= 0.6 is 11.3 Å². The standard InChI is InChI=1S/C13H15FN2OS/c1-9-13(18-8-16-9)7-15-6-10-3-4-12(17-2)11(14)5-10/h3-5,8,15H,6-7H2,1-2H3. The molecule has 0 fully saturated rings. The Kier molecular flexibility index (Phi) is 4.28. The number of aromatic nitrogens is 1. The lowest BCUT2D eigenvalue weighted by molar-refractivity contribution is 0.386. The van der Waals surface area contributed by atoms with Crippen molar-refractivity contribution < 1.29 is 9.13 Å². The van der Waals surface area contributed by atoms with Crippen LogP contribution in [0.15, 0.2) is 23.7 Å². The van der Waals surface area contributed by atoms with Crippen LogP contribution in [0, 0.1) is 12.7 Å². The van der Waals surface area contributed by atoms with E-state index in [0.717, 1.165) is 17.8 Å². The average Bonchev–Trinajstić information content (AvgIpc) is 2.75. The molecule has 18 heavy (non-hydrogen) atoms. The van der Waals surface area contributed by atoms with Crippen LogP contribution in [-0.4, -0.2) is 12.1 Å². The first-order valence-corrected chi connectivity index (χ1v) is 6.50. The van der Waals surface area contributed by atoms with Crippen LogP contribution in [0.2, 0.25) is 0 Å². The third kappa shape index (κ3) is 3.05. The zero-order chi connectivity index (χ0) is 13.0. The van der Waals surface area contributed by atoms with E-state index in [1.165, 1.54) is 18.1 Å². The molecule has 2 rings (SSSR count). The summed E-state index contributed by atoms with van der Waals surface area (Å²) < 4.78 is 18.3. The Labute approximate surface area is 110 Å². The van der Waals surface area contributed by atoms with Gasteiger partial charge in [-0.1, -0.05) is 6.07 Å². The molecular weight excluding hydrogens is 251 g/mol. The molecule has 0 radical (unpaired) electrons. The molecule has 2 aromatic rings. The third-order valence-electron chi connectivity index (χ3n) is 2.68. The van der Waals surface area contributed by atoms with Crippen LogP contribution < -0.4 is 10.1 Å². The molecule has 1 aromatic heterocycles. The fourth-order valence-electron chi connectivity index (χ4n) is 1.64. The van der Waals surface area contributed by atoms with Gasteiger partial charge in [-0.15, -0.1) is 11.3 Å². The van der Waals surface area contributed by atoms with Gasteiger partial charge in [0.2, 0.25) is 0 Å². The molecular formula is C13H15FN2OS. The lowest BCUT2D eigenvalue weighted by atomic mass is 10.2. The first-order chi connectivity index (χ1) is 8.70. The number of hydrogen-bond acceptors (Lipinski definition) is 4. The molecule has 96 valence electrons. The molecule has 1 aromatic carbocycles. The van der Waals surface area contributed by atoms with Crippen molar-refractivity contribution >= 4 is 11.3 Å². The largest absolute Gasteiger partial charge is 0.494 e. The summed E-state index contributed by atoms with van der Waals surface area (Å²) in [6, 6.07) is 4.99. The second-order valence-corrected chi connectivity index (χ2v) is 4.87. The van der Waals surface area contributed by atoms with Gasteiger partial charge in [-0.25, -0.2) is 9.37 Å². The quantitative estimate of drug-likeness (QED) is 0.903. The van der Waals surface area contributed by atoms with E-state index in [0.29, 0.717) is 6.54 Å². The van der Waals surface area contributed by atoms with Crippen molar-refractivity contribution in [3.63, 3.8) is 0 Å². The van der Waals surface area contributed by atoms with E-state index in [-0.39, 0.29) is 11.6 Å². The predicted molar refractivity (Wildman–Crippen MR) is 70.3 cm³/mol. The summed E-state index contributed by atoms with van der Waals surface area (Å²) >= 11 is 1.63. The van der Waals surface area contributed by atoms with Crippen molar-refractivity contribution in [1.82, 2.24) is 10.3 Å². The molecule has 0 aliphatic carbocycles. The van der Waals surface area contributed by atoms with Crippen LogP contribution in [0.1, 0.15) is 16.1 Å². The topological polar surface area (TPSA) is 34.1 Å². The lowest BCUT2D eigenvalue weighted by Crippen LogP contribution is -2.12. The van der Waals surface area contributed by atoms with E-state index in [2.05, 4.69) is 10.3 Å². The summed E-state index contributed by atoms with van der Waals surface area (Å²) in [5, 5.41) is 3.27. The maximum atomic E-state index is 13.5. The highest BCUT2D eigenvalue weighted by Crippen LogP contribution is 2.18.